The van der Waals surface area contributed by atoms with Crippen molar-refractivity contribution >= 4 is 40.0 Å². The van der Waals surface area contributed by atoms with Gasteiger partial charge in [0.2, 0.25) is 5.91 Å². The molecule has 7 heteroatoms. The summed E-state index contributed by atoms with van der Waals surface area (Å²) in [6.45, 7) is 3.76. The summed E-state index contributed by atoms with van der Waals surface area (Å²) in [5.74, 6) is -0.438. The Hall–Kier alpha value is -2.34. The average Bonchev–Trinajstić information content (AvgIpc) is 2.98. The van der Waals surface area contributed by atoms with Crippen LogP contribution in [-0.2, 0) is 4.79 Å². The topological polar surface area (TPSA) is 74.3 Å². The first-order chi connectivity index (χ1) is 12.0. The van der Waals surface area contributed by atoms with Gasteiger partial charge in [-0.1, -0.05) is 11.6 Å². The third-order valence-electron chi connectivity index (χ3n) is 5.00. The number of carbonyl (C=O) groups is 2. The third-order valence-corrected chi connectivity index (χ3v) is 5.30. The number of rotatable bonds is 3. The summed E-state index contributed by atoms with van der Waals surface area (Å²) in [6.07, 6.45) is 3.31. The zero-order valence-electron chi connectivity index (χ0n) is 13.9. The van der Waals surface area contributed by atoms with Gasteiger partial charge < -0.3 is 15.5 Å². The molecule has 2 aliphatic heterocycles. The molecule has 2 amide bonds. The van der Waals surface area contributed by atoms with E-state index in [-0.39, 0.29) is 11.8 Å². The fraction of sp³-hybridized carbons (Fsp3) is 0.389. The summed E-state index contributed by atoms with van der Waals surface area (Å²) in [5.41, 5.74) is 2.21. The number of hydrogen-bond acceptors (Lipinski definition) is 4. The summed E-state index contributed by atoms with van der Waals surface area (Å²) >= 11 is 6.44. The Morgan fingerprint density at radius 3 is 2.84 bits per heavy atom. The number of aromatic nitrogens is 1. The molecule has 1 aromatic heterocycles. The molecule has 0 bridgehead atoms. The maximum atomic E-state index is 12.4. The summed E-state index contributed by atoms with van der Waals surface area (Å²) in [7, 11) is 0. The van der Waals surface area contributed by atoms with Gasteiger partial charge in [-0.15, -0.1) is 0 Å². The lowest BCUT2D eigenvalue weighted by molar-refractivity contribution is -0.120. The van der Waals surface area contributed by atoms with Crippen LogP contribution in [-0.4, -0.2) is 42.0 Å². The minimum Gasteiger partial charge on any atom is -0.367 e. The fourth-order valence-corrected chi connectivity index (χ4v) is 3.61. The second kappa shape index (κ2) is 6.19. The van der Waals surface area contributed by atoms with Crippen molar-refractivity contribution in [1.29, 1.82) is 0 Å². The van der Waals surface area contributed by atoms with Crippen molar-refractivity contribution in [3.8, 4) is 0 Å². The lowest BCUT2D eigenvalue weighted by Crippen LogP contribution is -2.45. The highest BCUT2D eigenvalue weighted by molar-refractivity contribution is 6.34. The van der Waals surface area contributed by atoms with Gasteiger partial charge in [-0.05, 0) is 38.0 Å². The fourth-order valence-electron chi connectivity index (χ4n) is 3.33. The summed E-state index contributed by atoms with van der Waals surface area (Å²) in [4.78, 5) is 30.6. The Labute approximate surface area is 150 Å². The third kappa shape index (κ3) is 2.91. The number of benzene rings is 1. The van der Waals surface area contributed by atoms with Crippen LogP contribution in [0.15, 0.2) is 24.4 Å². The first-order valence-electron chi connectivity index (χ1n) is 8.47. The van der Waals surface area contributed by atoms with Crippen LogP contribution in [0.4, 0.5) is 5.69 Å². The number of fused-ring (bicyclic) bond motifs is 1. The molecule has 6 nitrogen and oxygen atoms in total. The molecular weight excluding hydrogens is 340 g/mol. The molecule has 2 aliphatic rings. The largest absolute Gasteiger partial charge is 0.367 e. The molecule has 2 N–H and O–H groups in total. The van der Waals surface area contributed by atoms with E-state index >= 15 is 0 Å². The smallest absolute Gasteiger partial charge is 0.253 e. The standard InChI is InChI=1S/C18H19ClN4O2/c1-10-3-5-23(10)16-8-15-11(7-13(16)19)6-12(9-21-15)17(24)22-14-2-4-20-18(14)25/h6-10,14H,2-5H2,1H3,(H,20,25)(H,22,24)/t10-,14-/m0/s1. The van der Waals surface area contributed by atoms with Gasteiger partial charge >= 0.3 is 0 Å². The van der Waals surface area contributed by atoms with Crippen molar-refractivity contribution in [3.05, 3.63) is 35.0 Å². The van der Waals surface area contributed by atoms with Crippen molar-refractivity contribution in [2.45, 2.75) is 31.8 Å². The van der Waals surface area contributed by atoms with Gasteiger partial charge in [0, 0.05) is 30.7 Å². The number of nitrogens with zero attached hydrogens (tertiary/aromatic N) is 2. The molecule has 2 atom stereocenters. The number of pyridine rings is 1. The van der Waals surface area contributed by atoms with Gasteiger partial charge in [0.25, 0.3) is 5.91 Å². The van der Waals surface area contributed by atoms with E-state index in [1.165, 1.54) is 0 Å². The highest BCUT2D eigenvalue weighted by Crippen LogP contribution is 2.35. The maximum absolute atomic E-state index is 12.4. The van der Waals surface area contributed by atoms with Gasteiger partial charge in [-0.2, -0.15) is 0 Å². The molecule has 2 aromatic rings. The molecule has 0 spiro atoms. The van der Waals surface area contributed by atoms with E-state index < -0.39 is 6.04 Å². The highest BCUT2D eigenvalue weighted by Gasteiger charge is 2.27. The lowest BCUT2D eigenvalue weighted by atomic mass is 10.0. The summed E-state index contributed by atoms with van der Waals surface area (Å²) < 4.78 is 0. The molecule has 1 aromatic carbocycles. The van der Waals surface area contributed by atoms with Crippen LogP contribution in [0.1, 0.15) is 30.1 Å². The molecule has 3 heterocycles. The number of nitrogens with one attached hydrogen (secondary N) is 2. The van der Waals surface area contributed by atoms with Gasteiger partial charge in [-0.25, -0.2) is 0 Å². The average molecular weight is 359 g/mol. The molecule has 2 saturated heterocycles. The van der Waals surface area contributed by atoms with Crippen LogP contribution in [0.25, 0.3) is 10.9 Å². The predicted octanol–water partition coefficient (Wildman–Crippen LogP) is 2.11. The Bertz CT molecular complexity index is 870. The van der Waals surface area contributed by atoms with Crippen molar-refractivity contribution in [2.75, 3.05) is 18.0 Å². The Kier molecular flexibility index (Phi) is 4.00. The monoisotopic (exact) mass is 358 g/mol. The number of carbonyl (C=O) groups excluding carboxylic acids is 2. The Balaban J connectivity index is 1.60. The molecule has 130 valence electrons. The number of halogens is 1. The first-order valence-corrected chi connectivity index (χ1v) is 8.85. The Morgan fingerprint density at radius 2 is 2.20 bits per heavy atom. The SMILES string of the molecule is C[C@H]1CCN1c1cc2ncc(C(=O)N[C@H]3CCNC3=O)cc2cc1Cl. The predicted molar refractivity (Wildman–Crippen MR) is 97.1 cm³/mol. The van der Waals surface area contributed by atoms with Crippen molar-refractivity contribution < 1.29 is 9.59 Å². The molecule has 0 aliphatic carbocycles. The van der Waals surface area contributed by atoms with E-state index in [0.717, 1.165) is 29.6 Å². The molecule has 25 heavy (non-hydrogen) atoms. The van der Waals surface area contributed by atoms with Gasteiger partial charge in [0.05, 0.1) is 21.8 Å². The van der Waals surface area contributed by atoms with Crippen LogP contribution in [0.2, 0.25) is 5.02 Å². The maximum Gasteiger partial charge on any atom is 0.253 e. The van der Waals surface area contributed by atoms with Crippen LogP contribution in [0.5, 0.6) is 0 Å². The van der Waals surface area contributed by atoms with Crippen molar-refractivity contribution in [3.63, 3.8) is 0 Å². The highest BCUT2D eigenvalue weighted by atomic mass is 35.5. The zero-order valence-corrected chi connectivity index (χ0v) is 14.6. The van der Waals surface area contributed by atoms with E-state index in [9.17, 15) is 9.59 Å². The molecular formula is C18H19ClN4O2. The van der Waals surface area contributed by atoms with Crippen LogP contribution >= 0.6 is 11.6 Å². The number of anilines is 1. The minimum absolute atomic E-state index is 0.140. The summed E-state index contributed by atoms with van der Waals surface area (Å²) in [6, 6.07) is 5.60. The Morgan fingerprint density at radius 1 is 1.36 bits per heavy atom. The summed E-state index contributed by atoms with van der Waals surface area (Å²) in [5, 5.41) is 6.92. The molecule has 0 unspecified atom stereocenters. The second-order valence-electron chi connectivity index (χ2n) is 6.66. The van der Waals surface area contributed by atoms with E-state index in [0.29, 0.717) is 29.6 Å². The van der Waals surface area contributed by atoms with Gasteiger partial charge in [-0.3, -0.25) is 14.6 Å². The number of amides is 2. The number of hydrogen-bond donors (Lipinski definition) is 2. The van der Waals surface area contributed by atoms with Crippen LogP contribution in [0, 0.1) is 0 Å². The molecule has 0 saturated carbocycles. The van der Waals surface area contributed by atoms with Crippen molar-refractivity contribution in [1.82, 2.24) is 15.6 Å². The molecule has 4 rings (SSSR count). The second-order valence-corrected chi connectivity index (χ2v) is 7.06. The molecule has 0 radical (unpaired) electrons. The van der Waals surface area contributed by atoms with Gasteiger partial charge in [0.15, 0.2) is 0 Å². The van der Waals surface area contributed by atoms with Gasteiger partial charge in [0.1, 0.15) is 6.04 Å². The zero-order chi connectivity index (χ0) is 17.6. The van der Waals surface area contributed by atoms with E-state index in [4.69, 9.17) is 11.6 Å². The van der Waals surface area contributed by atoms with Crippen LogP contribution < -0.4 is 15.5 Å². The van der Waals surface area contributed by atoms with Crippen molar-refractivity contribution in [2.24, 2.45) is 0 Å². The normalized spacial score (nSPS) is 22.6. The molecule has 2 fully saturated rings. The minimum atomic E-state index is -0.470. The lowest BCUT2D eigenvalue weighted by Gasteiger charge is -2.41. The van der Waals surface area contributed by atoms with E-state index in [2.05, 4.69) is 27.4 Å². The first kappa shape index (κ1) is 16.1. The van der Waals surface area contributed by atoms with E-state index in [1.54, 1.807) is 12.3 Å². The van der Waals surface area contributed by atoms with Crippen LogP contribution in [0.3, 0.4) is 0 Å². The quantitative estimate of drug-likeness (QED) is 0.881. The van der Waals surface area contributed by atoms with E-state index in [1.807, 2.05) is 12.1 Å².